The summed E-state index contributed by atoms with van der Waals surface area (Å²) < 4.78 is 138. The maximum atomic E-state index is 13.9. The Bertz CT molecular complexity index is 6320. The number of ether oxygens (including phenoxy) is 8. The fourth-order valence-corrected chi connectivity index (χ4v) is 16.8. The molecule has 0 fully saturated rings. The number of primary sulfonamides is 4. The normalized spacial score (nSPS) is 11.9. The van der Waals surface area contributed by atoms with Gasteiger partial charge in [0.1, 0.15) is 0 Å². The lowest BCUT2D eigenvalue weighted by Gasteiger charge is -2.10. The lowest BCUT2D eigenvalue weighted by Crippen LogP contribution is -2.28. The standard InChI is InChI=1S/C100H106N16O24S4/c101-141(125,126)77-25-17-73(18-26-77)97(121)109-45-53-137-61-57-133-49-41-105-93(117)69-9-1-65(2-10-69)89-81-33-35-83(113-81)90(66-3-11-70(12-4-66)94(118)106-42-50-134-58-62-138-54-46-110-98(122)74-19-27-78(28-20-74)142(102,127)128)85-37-39-87(115-85)92(68-7-15-72(16-8-68)96(120)108-44-52-136-60-64-140-56-48-112-100(124)76-23-31-80(32-24-76)144(104,131)132)88-40-38-86(116-88)91(84-36-34-82(89)114-84)67-5-13-71(14-6-67)95(119)107-43-51-135-59-63-139-55-47-111-99(123)75-21-29-79(30-22-75)143(103,129)130/h1-40,113,116H,41-64H2,(H,105,117)(H,106,118)(H,107,119)(H,108,120)(H,109,121)(H,110,122)(H,111,123)(H,112,124)(H2,101,125,126)(H2,102,127,128)(H2,103,129,130)(H2,104,131,132). The van der Waals surface area contributed by atoms with Crippen molar-refractivity contribution in [2.45, 2.75) is 19.6 Å². The number of hydrogen-bond donors (Lipinski definition) is 14. The van der Waals surface area contributed by atoms with Crippen molar-refractivity contribution in [1.82, 2.24) is 62.5 Å². The minimum Gasteiger partial charge on any atom is -0.377 e. The molecule has 8 bridgehead atoms. The van der Waals surface area contributed by atoms with Gasteiger partial charge in [0.15, 0.2) is 0 Å². The molecule has 13 rings (SSSR count). The molecule has 0 unspecified atom stereocenters. The Kier molecular flexibility index (Phi) is 38.1. The molecule has 0 saturated heterocycles. The molecule has 144 heavy (non-hydrogen) atoms. The number of sulfonamides is 4. The monoisotopic (exact) mass is 2040 g/mol. The summed E-state index contributed by atoms with van der Waals surface area (Å²) in [5, 5.41) is 43.1. The van der Waals surface area contributed by atoms with Crippen molar-refractivity contribution in [3.05, 3.63) is 286 Å². The summed E-state index contributed by atoms with van der Waals surface area (Å²) in [6.45, 7) is 4.08. The van der Waals surface area contributed by atoms with Gasteiger partial charge in [-0.2, -0.15) is 0 Å². The fourth-order valence-electron chi connectivity index (χ4n) is 14.8. The third-order valence-electron chi connectivity index (χ3n) is 22.0. The zero-order chi connectivity index (χ0) is 102. The minimum absolute atomic E-state index is 0.121. The second-order valence-corrected chi connectivity index (χ2v) is 38.3. The van der Waals surface area contributed by atoms with E-state index in [0.29, 0.717) is 112 Å². The highest BCUT2D eigenvalue weighted by atomic mass is 32.2. The van der Waals surface area contributed by atoms with Crippen LogP contribution in [0.25, 0.3) is 90.9 Å². The molecule has 0 radical (unpaired) electrons. The maximum absolute atomic E-state index is 13.9. The first-order valence-electron chi connectivity index (χ1n) is 45.3. The van der Waals surface area contributed by atoms with Crippen molar-refractivity contribution in [1.29, 1.82) is 0 Å². The molecule has 0 aliphatic carbocycles. The van der Waals surface area contributed by atoms with Crippen LogP contribution in [0.3, 0.4) is 0 Å². The SMILES string of the molecule is NS(=O)(=O)c1ccc(C(=O)NCCOCCOCCNC(=O)c2ccc(-c3c4nc(c(-c5ccc(C(=O)NCCOCCOCCNC(=O)c6ccc(S(N)(=O)=O)cc6)cc5)c5ccc([nH]5)c(-c5ccc(C(=O)NCCOCCOCCNC(=O)c6ccc(S(N)(=O)=O)cc6)cc5)c5nc(c(-c6ccc(C(=O)NCCOCCOCCNC(=O)c7ccc(S(N)(=O)=O)cc7)cc6)c6ccc3[nH]6)C=C5)C=C4)cc2)cc1. The van der Waals surface area contributed by atoms with Gasteiger partial charge >= 0.3 is 0 Å². The number of benzene rings is 8. The average Bonchev–Trinajstić information content (AvgIpc) is 1.61. The molecule has 40 nitrogen and oxygen atoms in total. The molecule has 754 valence electrons. The van der Waals surface area contributed by atoms with Crippen LogP contribution in [0.2, 0.25) is 0 Å². The van der Waals surface area contributed by atoms with Crippen LogP contribution in [-0.4, -0.2) is 259 Å². The van der Waals surface area contributed by atoms with Gasteiger partial charge in [-0.3, -0.25) is 38.4 Å². The lowest BCUT2D eigenvalue weighted by atomic mass is 10.0. The predicted molar refractivity (Wildman–Crippen MR) is 537 cm³/mol. The first kappa shape index (κ1) is 107. The van der Waals surface area contributed by atoms with Crippen molar-refractivity contribution >= 4 is 134 Å². The van der Waals surface area contributed by atoms with Crippen LogP contribution in [0.5, 0.6) is 0 Å². The van der Waals surface area contributed by atoms with Crippen molar-refractivity contribution in [3.63, 3.8) is 0 Å². The van der Waals surface area contributed by atoms with Gasteiger partial charge in [-0.1, -0.05) is 48.5 Å². The molecular formula is C100H106N16O24S4. The van der Waals surface area contributed by atoms with Crippen LogP contribution in [0.15, 0.2) is 238 Å². The van der Waals surface area contributed by atoms with Crippen LogP contribution in [0, 0.1) is 0 Å². The van der Waals surface area contributed by atoms with Gasteiger partial charge in [-0.25, -0.2) is 64.2 Å². The van der Waals surface area contributed by atoms with E-state index < -0.39 is 63.7 Å². The molecule has 8 amide bonds. The first-order chi connectivity index (χ1) is 69.3. The van der Waals surface area contributed by atoms with E-state index in [2.05, 4.69) is 52.5 Å². The van der Waals surface area contributed by atoms with Crippen LogP contribution in [0.4, 0.5) is 0 Å². The molecule has 0 saturated carbocycles. The molecule has 0 atom stereocenters. The molecule has 11 aromatic rings. The topological polar surface area (TPSA) is 605 Å². The van der Waals surface area contributed by atoms with Crippen molar-refractivity contribution in [2.24, 2.45) is 20.6 Å². The first-order valence-corrected chi connectivity index (χ1v) is 51.5. The zero-order valence-corrected chi connectivity index (χ0v) is 81.0. The third-order valence-corrected chi connectivity index (χ3v) is 25.7. The number of nitrogens with zero attached hydrogens (tertiary/aromatic N) is 2. The number of nitrogens with two attached hydrogens (primary N) is 4. The van der Waals surface area contributed by atoms with Gasteiger partial charge in [-0.05, 0) is 216 Å². The van der Waals surface area contributed by atoms with Crippen molar-refractivity contribution in [2.75, 3.05) is 158 Å². The highest BCUT2D eigenvalue weighted by Gasteiger charge is 2.24. The molecule has 8 aromatic carbocycles. The highest BCUT2D eigenvalue weighted by molar-refractivity contribution is 7.90. The predicted octanol–water partition coefficient (Wildman–Crippen LogP) is 6.69. The Labute approximate surface area is 829 Å². The fraction of sp³-hybridized carbons (Fsp3) is 0.240. The number of H-pyrrole nitrogens is 2. The minimum atomic E-state index is -3.92. The number of aromatic nitrogens is 4. The van der Waals surface area contributed by atoms with Gasteiger partial charge < -0.3 is 90.4 Å². The highest BCUT2D eigenvalue weighted by Crippen LogP contribution is 2.40. The number of hydrogen-bond acceptors (Lipinski definition) is 26. The number of carbonyl (C=O) groups excluding carboxylic acids is 8. The van der Waals surface area contributed by atoms with E-state index >= 15 is 0 Å². The summed E-state index contributed by atoms with van der Waals surface area (Å²) in [5.74, 6) is -3.21. The summed E-state index contributed by atoms with van der Waals surface area (Å²) in [5.41, 5.74) is 11.9. The zero-order valence-electron chi connectivity index (χ0n) is 77.7. The van der Waals surface area contributed by atoms with E-state index in [0.717, 1.165) is 0 Å². The van der Waals surface area contributed by atoms with Gasteiger partial charge in [0.25, 0.3) is 47.3 Å². The number of amides is 8. The van der Waals surface area contributed by atoms with Crippen molar-refractivity contribution < 1.29 is 110 Å². The van der Waals surface area contributed by atoms with Gasteiger partial charge in [0, 0.05) is 141 Å². The van der Waals surface area contributed by atoms with E-state index in [-0.39, 0.29) is 224 Å². The Morgan fingerprint density at radius 1 is 0.208 bits per heavy atom. The number of nitrogens with one attached hydrogen (secondary N) is 10. The molecule has 18 N–H and O–H groups in total. The number of aromatic amines is 2. The second-order valence-electron chi connectivity index (χ2n) is 32.0. The molecule has 3 aromatic heterocycles. The van der Waals surface area contributed by atoms with E-state index in [1.54, 1.807) is 48.5 Å². The molecule has 2 aliphatic heterocycles. The number of carbonyl (C=O) groups is 8. The molecule has 5 heterocycles. The maximum Gasteiger partial charge on any atom is 0.251 e. The van der Waals surface area contributed by atoms with E-state index in [1.165, 1.54) is 97.1 Å². The Morgan fingerprint density at radius 3 is 0.486 bits per heavy atom. The van der Waals surface area contributed by atoms with E-state index in [1.807, 2.05) is 97.1 Å². The van der Waals surface area contributed by atoms with Crippen LogP contribution in [0.1, 0.15) is 106 Å². The Balaban J connectivity index is 0.735. The van der Waals surface area contributed by atoms with Crippen LogP contribution in [-0.2, 0) is 78.0 Å². The number of rotatable bonds is 52. The largest absolute Gasteiger partial charge is 0.377 e. The van der Waals surface area contributed by atoms with E-state index in [4.69, 9.17) is 68.4 Å². The smallest absolute Gasteiger partial charge is 0.251 e. The Morgan fingerprint density at radius 2 is 0.347 bits per heavy atom. The second kappa shape index (κ2) is 51.4. The third kappa shape index (κ3) is 30.7. The van der Waals surface area contributed by atoms with Crippen molar-refractivity contribution in [3.8, 4) is 44.5 Å². The lowest BCUT2D eigenvalue weighted by molar-refractivity contribution is 0.0486. The summed E-state index contributed by atoms with van der Waals surface area (Å²) in [4.78, 5) is 124. The molecule has 44 heteroatoms. The quantitative estimate of drug-likeness (QED) is 0.0177. The van der Waals surface area contributed by atoms with Gasteiger partial charge in [0.2, 0.25) is 40.1 Å². The van der Waals surface area contributed by atoms with Gasteiger partial charge in [-0.15, -0.1) is 0 Å². The molecule has 0 spiro atoms. The molecule has 2 aliphatic rings. The Hall–Kier alpha value is -14.6. The summed E-state index contributed by atoms with van der Waals surface area (Å²) >= 11 is 0. The van der Waals surface area contributed by atoms with E-state index in [9.17, 15) is 72.0 Å². The summed E-state index contributed by atoms with van der Waals surface area (Å²) in [6.07, 6.45) is 7.56. The average molecular weight is 2040 g/mol. The van der Waals surface area contributed by atoms with Crippen LogP contribution >= 0.6 is 0 Å². The molecular weight excluding hydrogens is 1940 g/mol. The summed E-state index contributed by atoms with van der Waals surface area (Å²) in [6, 6.07) is 56.7. The summed E-state index contributed by atoms with van der Waals surface area (Å²) in [7, 11) is -15.7. The van der Waals surface area contributed by atoms with Crippen LogP contribution < -0.4 is 63.1 Å². The van der Waals surface area contributed by atoms with Gasteiger partial charge in [0.05, 0.1) is 148 Å². The number of fused-ring (bicyclic) bond motifs is 8.